The number of esters is 1. The highest BCUT2D eigenvalue weighted by atomic mass is 35.5. The predicted octanol–water partition coefficient (Wildman–Crippen LogP) is 2.10. The Kier molecular flexibility index (Phi) is 8.52. The number of nitrogens with one attached hydrogen (secondary N) is 2. The summed E-state index contributed by atoms with van der Waals surface area (Å²) in [7, 11) is -3.97. The van der Waals surface area contributed by atoms with Crippen LogP contribution in [0.2, 0.25) is 5.02 Å². The largest absolute Gasteiger partial charge is 0.454 e. The summed E-state index contributed by atoms with van der Waals surface area (Å²) in [6, 6.07) is 4.53. The lowest BCUT2D eigenvalue weighted by Crippen LogP contribution is -2.46. The molecule has 0 aliphatic heterocycles. The van der Waals surface area contributed by atoms with Gasteiger partial charge in [0.1, 0.15) is 6.04 Å². The molecular weight excluding hydrogens is 380 g/mol. The van der Waals surface area contributed by atoms with Crippen molar-refractivity contribution in [1.29, 1.82) is 0 Å². The van der Waals surface area contributed by atoms with Gasteiger partial charge in [-0.2, -0.15) is 4.72 Å². The van der Waals surface area contributed by atoms with Crippen LogP contribution in [0.15, 0.2) is 29.2 Å². The molecule has 2 atom stereocenters. The molecule has 0 fully saturated rings. The fourth-order valence-electron chi connectivity index (χ4n) is 1.97. The lowest BCUT2D eigenvalue weighted by Gasteiger charge is -2.21. The van der Waals surface area contributed by atoms with Crippen molar-refractivity contribution in [3.05, 3.63) is 29.3 Å². The topological polar surface area (TPSA) is 102 Å². The Balaban J connectivity index is 2.79. The van der Waals surface area contributed by atoms with Gasteiger partial charge in [-0.25, -0.2) is 8.42 Å². The number of hydrogen-bond donors (Lipinski definition) is 2. The van der Waals surface area contributed by atoms with E-state index in [1.165, 1.54) is 18.2 Å². The summed E-state index contributed by atoms with van der Waals surface area (Å²) in [5.41, 5.74) is 0. The van der Waals surface area contributed by atoms with Crippen LogP contribution in [-0.2, 0) is 24.3 Å². The molecule has 2 N–H and O–H groups in total. The van der Waals surface area contributed by atoms with Crippen molar-refractivity contribution < 1.29 is 22.7 Å². The maximum Gasteiger partial charge on any atom is 0.324 e. The van der Waals surface area contributed by atoms with Crippen LogP contribution in [0.4, 0.5) is 0 Å². The number of halogens is 1. The first-order valence-electron chi connectivity index (χ1n) is 8.30. The molecule has 0 bridgehead atoms. The van der Waals surface area contributed by atoms with E-state index in [0.29, 0.717) is 0 Å². The highest BCUT2D eigenvalue weighted by Gasteiger charge is 2.30. The maximum absolute atomic E-state index is 12.5. The maximum atomic E-state index is 12.5. The third kappa shape index (κ3) is 6.93. The van der Waals surface area contributed by atoms with Crippen molar-refractivity contribution in [2.45, 2.75) is 51.1 Å². The Bertz CT molecular complexity index is 736. The minimum atomic E-state index is -3.97. The highest BCUT2D eigenvalue weighted by Crippen LogP contribution is 2.17. The molecule has 0 aliphatic carbocycles. The Morgan fingerprint density at radius 1 is 1.23 bits per heavy atom. The van der Waals surface area contributed by atoms with E-state index in [2.05, 4.69) is 10.0 Å². The number of sulfonamides is 1. The fraction of sp³-hybridized carbons (Fsp3) is 0.529. The zero-order chi connectivity index (χ0) is 19.9. The van der Waals surface area contributed by atoms with Gasteiger partial charge in [0, 0.05) is 11.1 Å². The van der Waals surface area contributed by atoms with E-state index in [-0.39, 0.29) is 21.9 Å². The van der Waals surface area contributed by atoms with Crippen molar-refractivity contribution in [2.24, 2.45) is 5.92 Å². The second-order valence-corrected chi connectivity index (χ2v) is 8.44. The first-order chi connectivity index (χ1) is 12.1. The van der Waals surface area contributed by atoms with Gasteiger partial charge in [0.2, 0.25) is 10.0 Å². The van der Waals surface area contributed by atoms with Crippen molar-refractivity contribution in [2.75, 3.05) is 6.61 Å². The number of hydrogen-bond acceptors (Lipinski definition) is 5. The van der Waals surface area contributed by atoms with E-state index in [4.69, 9.17) is 16.3 Å². The molecule has 26 heavy (non-hydrogen) atoms. The standard InChI is InChI=1S/C17H25ClN2O5S/c1-5-12(4)19-15(21)10-25-17(22)16(11(2)3)20-26(23,24)14-8-6-7-13(18)9-14/h6-9,11-12,16,20H,5,10H2,1-4H3,(H,19,21)/t12-,16+/m1/s1. The van der Waals surface area contributed by atoms with E-state index in [1.807, 2.05) is 13.8 Å². The average molecular weight is 405 g/mol. The normalized spacial score (nSPS) is 13.9. The summed E-state index contributed by atoms with van der Waals surface area (Å²) in [5.74, 6) is -1.63. The van der Waals surface area contributed by atoms with Crippen molar-refractivity contribution >= 4 is 33.5 Å². The van der Waals surface area contributed by atoms with Crippen LogP contribution >= 0.6 is 11.6 Å². The van der Waals surface area contributed by atoms with E-state index in [1.54, 1.807) is 19.9 Å². The van der Waals surface area contributed by atoms with E-state index >= 15 is 0 Å². The molecule has 1 aromatic rings. The van der Waals surface area contributed by atoms with E-state index < -0.39 is 34.5 Å². The lowest BCUT2D eigenvalue weighted by atomic mass is 10.1. The second kappa shape index (κ2) is 9.89. The molecule has 146 valence electrons. The number of ether oxygens (including phenoxy) is 1. The molecule has 0 aliphatic rings. The number of carbonyl (C=O) groups excluding carboxylic acids is 2. The lowest BCUT2D eigenvalue weighted by molar-refractivity contribution is -0.151. The zero-order valence-electron chi connectivity index (χ0n) is 15.3. The Labute approximate surface area is 159 Å². The molecule has 0 aromatic heterocycles. The highest BCUT2D eigenvalue weighted by molar-refractivity contribution is 7.89. The smallest absolute Gasteiger partial charge is 0.324 e. The molecule has 0 saturated heterocycles. The van der Waals surface area contributed by atoms with Gasteiger partial charge in [-0.1, -0.05) is 38.4 Å². The summed E-state index contributed by atoms with van der Waals surface area (Å²) >= 11 is 5.82. The molecular formula is C17H25ClN2O5S. The molecule has 1 aromatic carbocycles. The molecule has 0 saturated carbocycles. The van der Waals surface area contributed by atoms with E-state index in [9.17, 15) is 18.0 Å². The van der Waals surface area contributed by atoms with Gasteiger partial charge in [0.15, 0.2) is 6.61 Å². The molecule has 7 nitrogen and oxygen atoms in total. The molecule has 0 unspecified atom stereocenters. The van der Waals surface area contributed by atoms with Gasteiger partial charge in [-0.3, -0.25) is 9.59 Å². The third-order valence-electron chi connectivity index (χ3n) is 3.67. The third-order valence-corrected chi connectivity index (χ3v) is 5.35. The van der Waals surface area contributed by atoms with Gasteiger partial charge >= 0.3 is 5.97 Å². The summed E-state index contributed by atoms with van der Waals surface area (Å²) in [6.07, 6.45) is 0.744. The van der Waals surface area contributed by atoms with Crippen molar-refractivity contribution in [3.63, 3.8) is 0 Å². The Morgan fingerprint density at radius 2 is 1.88 bits per heavy atom. The number of benzene rings is 1. The van der Waals surface area contributed by atoms with Gasteiger partial charge in [0.05, 0.1) is 4.90 Å². The Morgan fingerprint density at radius 3 is 2.42 bits per heavy atom. The van der Waals surface area contributed by atoms with Crippen molar-refractivity contribution in [1.82, 2.24) is 10.0 Å². The average Bonchev–Trinajstić information content (AvgIpc) is 2.57. The summed E-state index contributed by atoms with van der Waals surface area (Å²) in [6.45, 7) is 6.62. The van der Waals surface area contributed by atoms with Gasteiger partial charge in [0.25, 0.3) is 5.91 Å². The Hall–Kier alpha value is -1.64. The molecule has 0 heterocycles. The van der Waals surface area contributed by atoms with Crippen LogP contribution < -0.4 is 10.0 Å². The zero-order valence-corrected chi connectivity index (χ0v) is 16.9. The number of amides is 1. The summed E-state index contributed by atoms with van der Waals surface area (Å²) in [4.78, 5) is 23.9. The van der Waals surface area contributed by atoms with Crippen molar-refractivity contribution in [3.8, 4) is 0 Å². The van der Waals surface area contributed by atoms with Crippen LogP contribution in [0.25, 0.3) is 0 Å². The van der Waals surface area contributed by atoms with Gasteiger partial charge in [-0.15, -0.1) is 0 Å². The summed E-state index contributed by atoms with van der Waals surface area (Å²) in [5, 5.41) is 2.93. The van der Waals surface area contributed by atoms with Gasteiger partial charge in [-0.05, 0) is 37.5 Å². The minimum Gasteiger partial charge on any atom is -0.454 e. The fourth-order valence-corrected chi connectivity index (χ4v) is 3.60. The predicted molar refractivity (Wildman–Crippen MR) is 99.3 cm³/mol. The number of carbonyl (C=O) groups is 2. The van der Waals surface area contributed by atoms with Gasteiger partial charge < -0.3 is 10.1 Å². The van der Waals surface area contributed by atoms with Crippen LogP contribution in [0.1, 0.15) is 34.1 Å². The quantitative estimate of drug-likeness (QED) is 0.613. The number of rotatable bonds is 9. The van der Waals surface area contributed by atoms with Crippen LogP contribution in [0.3, 0.4) is 0 Å². The van der Waals surface area contributed by atoms with Crippen LogP contribution in [0, 0.1) is 5.92 Å². The monoisotopic (exact) mass is 404 g/mol. The first-order valence-corrected chi connectivity index (χ1v) is 10.2. The first kappa shape index (κ1) is 22.4. The second-order valence-electron chi connectivity index (χ2n) is 6.28. The summed E-state index contributed by atoms with van der Waals surface area (Å²) < 4.78 is 32.2. The SMILES string of the molecule is CC[C@@H](C)NC(=O)COC(=O)[C@@H](NS(=O)(=O)c1cccc(Cl)c1)C(C)C. The van der Waals surface area contributed by atoms with Crippen LogP contribution in [0.5, 0.6) is 0 Å². The molecule has 0 radical (unpaired) electrons. The molecule has 1 amide bonds. The van der Waals surface area contributed by atoms with Crippen LogP contribution in [-0.4, -0.2) is 39.0 Å². The molecule has 9 heteroatoms. The minimum absolute atomic E-state index is 0.0385. The molecule has 0 spiro atoms. The molecule has 1 rings (SSSR count). The van der Waals surface area contributed by atoms with E-state index in [0.717, 1.165) is 6.42 Å².